The summed E-state index contributed by atoms with van der Waals surface area (Å²) < 4.78 is 0. The van der Waals surface area contributed by atoms with E-state index in [0.29, 0.717) is 31.7 Å². The lowest BCUT2D eigenvalue weighted by atomic mass is 10.1. The molecule has 1 aromatic carbocycles. The molecule has 2 aromatic rings. The van der Waals surface area contributed by atoms with E-state index < -0.39 is 17.5 Å². The summed E-state index contributed by atoms with van der Waals surface area (Å²) >= 11 is 0. The molecule has 1 aromatic heterocycles. The summed E-state index contributed by atoms with van der Waals surface area (Å²) in [6.45, 7) is 3.95. The first-order chi connectivity index (χ1) is 12.5. The number of nitrogens with one attached hydrogen (secondary N) is 1. The van der Waals surface area contributed by atoms with Gasteiger partial charge in [0.05, 0.1) is 0 Å². The molecule has 7 heteroatoms. The Morgan fingerprint density at radius 2 is 1.65 bits per heavy atom. The van der Waals surface area contributed by atoms with Gasteiger partial charge in [-0.1, -0.05) is 18.2 Å². The summed E-state index contributed by atoms with van der Waals surface area (Å²) in [5.74, 6) is -1.47. The van der Waals surface area contributed by atoms with Gasteiger partial charge in [-0.3, -0.25) is 14.7 Å². The zero-order valence-electron chi connectivity index (χ0n) is 14.6. The molecular formula is C19H22N4O3. The molecule has 0 aliphatic carbocycles. The third-order valence-electron chi connectivity index (χ3n) is 4.75. The maximum atomic E-state index is 12.5. The molecule has 0 spiro atoms. The van der Waals surface area contributed by atoms with Crippen LogP contribution in [0, 0.1) is 0 Å². The fourth-order valence-electron chi connectivity index (χ4n) is 3.12. The van der Waals surface area contributed by atoms with E-state index in [1.54, 1.807) is 41.6 Å². The number of benzene rings is 1. The monoisotopic (exact) mass is 354 g/mol. The van der Waals surface area contributed by atoms with Crippen LogP contribution in [0.15, 0.2) is 54.9 Å². The van der Waals surface area contributed by atoms with Crippen molar-refractivity contribution in [2.24, 2.45) is 0 Å². The van der Waals surface area contributed by atoms with Crippen LogP contribution in [0.25, 0.3) is 0 Å². The number of rotatable bonds is 5. The Kier molecular flexibility index (Phi) is 5.18. The summed E-state index contributed by atoms with van der Waals surface area (Å²) in [5, 5.41) is 12.5. The van der Waals surface area contributed by atoms with Gasteiger partial charge >= 0.3 is 5.97 Å². The van der Waals surface area contributed by atoms with Gasteiger partial charge in [-0.2, -0.15) is 0 Å². The Balaban J connectivity index is 1.70. The van der Waals surface area contributed by atoms with Crippen LogP contribution in [0.1, 0.15) is 17.3 Å². The van der Waals surface area contributed by atoms with Crippen molar-refractivity contribution in [3.8, 4) is 0 Å². The van der Waals surface area contributed by atoms with Gasteiger partial charge < -0.3 is 15.3 Å². The Hall–Kier alpha value is -2.93. The van der Waals surface area contributed by atoms with E-state index in [9.17, 15) is 14.7 Å². The number of aromatic nitrogens is 1. The maximum absolute atomic E-state index is 12.5. The van der Waals surface area contributed by atoms with Gasteiger partial charge in [0.2, 0.25) is 0 Å². The summed E-state index contributed by atoms with van der Waals surface area (Å²) in [7, 11) is 0. The van der Waals surface area contributed by atoms with E-state index in [1.807, 2.05) is 18.2 Å². The predicted octanol–water partition coefficient (Wildman–Crippen LogP) is 1.43. The smallest absolute Gasteiger partial charge is 0.344 e. The number of pyridine rings is 1. The molecule has 1 atom stereocenters. The molecule has 1 aliphatic rings. The van der Waals surface area contributed by atoms with Gasteiger partial charge in [0.15, 0.2) is 5.66 Å². The van der Waals surface area contributed by atoms with Crippen LogP contribution in [0.3, 0.4) is 0 Å². The molecule has 1 fully saturated rings. The minimum absolute atomic E-state index is 0.396. The molecule has 3 rings (SSSR count). The second-order valence-electron chi connectivity index (χ2n) is 6.38. The molecule has 0 radical (unpaired) electrons. The quantitative estimate of drug-likeness (QED) is 0.845. The molecular weight excluding hydrogens is 332 g/mol. The maximum Gasteiger partial charge on any atom is 0.344 e. The van der Waals surface area contributed by atoms with Gasteiger partial charge in [-0.15, -0.1) is 0 Å². The molecule has 1 unspecified atom stereocenters. The van der Waals surface area contributed by atoms with Gasteiger partial charge in [-0.25, -0.2) is 4.79 Å². The highest BCUT2D eigenvalue weighted by Gasteiger charge is 2.42. The minimum atomic E-state index is -1.46. The van der Waals surface area contributed by atoms with Crippen molar-refractivity contribution in [3.05, 3.63) is 60.4 Å². The fraction of sp³-hybridized carbons (Fsp3) is 0.316. The molecule has 0 bridgehead atoms. The lowest BCUT2D eigenvalue weighted by Gasteiger charge is -2.44. The highest BCUT2D eigenvalue weighted by atomic mass is 16.4. The number of hydrogen-bond acceptors (Lipinski definition) is 5. The molecule has 136 valence electrons. The average Bonchev–Trinajstić information content (AvgIpc) is 2.69. The number of carbonyl (C=O) groups is 2. The second-order valence-corrected chi connectivity index (χ2v) is 6.38. The van der Waals surface area contributed by atoms with Gasteiger partial charge in [0.1, 0.15) is 0 Å². The number of carbonyl (C=O) groups excluding carboxylic acids is 1. The molecule has 2 heterocycles. The predicted molar refractivity (Wildman–Crippen MR) is 98.0 cm³/mol. The first-order valence-electron chi connectivity index (χ1n) is 8.52. The normalized spacial score (nSPS) is 17.3. The first kappa shape index (κ1) is 17.9. The van der Waals surface area contributed by atoms with E-state index >= 15 is 0 Å². The first-order valence-corrected chi connectivity index (χ1v) is 8.52. The Morgan fingerprint density at radius 3 is 2.23 bits per heavy atom. The van der Waals surface area contributed by atoms with Gasteiger partial charge in [0.25, 0.3) is 5.91 Å². The number of hydrogen-bond donors (Lipinski definition) is 2. The SMILES string of the molecule is CC(NC(=O)c1ccccc1)(C(=O)O)N1CCN(c2ccncc2)CC1. The number of anilines is 1. The molecule has 1 amide bonds. The van der Waals surface area contributed by atoms with E-state index in [-0.39, 0.29) is 0 Å². The molecule has 0 saturated carbocycles. The highest BCUT2D eigenvalue weighted by Crippen LogP contribution is 2.20. The number of carboxylic acid groups (broad SMARTS) is 1. The highest BCUT2D eigenvalue weighted by molar-refractivity contribution is 5.97. The van der Waals surface area contributed by atoms with Crippen LogP contribution in [-0.2, 0) is 4.79 Å². The van der Waals surface area contributed by atoms with E-state index in [0.717, 1.165) is 5.69 Å². The standard InChI is InChI=1S/C19H22N4O3/c1-19(18(25)26,21-17(24)15-5-3-2-4-6-15)23-13-11-22(12-14-23)16-7-9-20-10-8-16/h2-10H,11-14H2,1H3,(H,21,24)(H,25,26). The molecule has 7 nitrogen and oxygen atoms in total. The van der Waals surface area contributed by atoms with Crippen molar-refractivity contribution in [1.29, 1.82) is 0 Å². The largest absolute Gasteiger partial charge is 0.478 e. The van der Waals surface area contributed by atoms with E-state index in [1.165, 1.54) is 6.92 Å². The van der Waals surface area contributed by atoms with Crippen LogP contribution in [-0.4, -0.2) is 58.7 Å². The molecule has 2 N–H and O–H groups in total. The number of piperazine rings is 1. The van der Waals surface area contributed by atoms with Crippen LogP contribution in [0.5, 0.6) is 0 Å². The van der Waals surface area contributed by atoms with Gasteiger partial charge in [-0.05, 0) is 31.2 Å². The van der Waals surface area contributed by atoms with Crippen LogP contribution in [0.2, 0.25) is 0 Å². The lowest BCUT2D eigenvalue weighted by molar-refractivity contribution is -0.152. The topological polar surface area (TPSA) is 85.8 Å². The van der Waals surface area contributed by atoms with Gasteiger partial charge in [0, 0.05) is 49.8 Å². The Bertz CT molecular complexity index is 761. The van der Waals surface area contributed by atoms with Crippen molar-refractivity contribution in [2.75, 3.05) is 31.1 Å². The lowest BCUT2D eigenvalue weighted by Crippen LogP contribution is -2.67. The van der Waals surface area contributed by atoms with Crippen molar-refractivity contribution < 1.29 is 14.7 Å². The van der Waals surface area contributed by atoms with E-state index in [2.05, 4.69) is 15.2 Å². The Morgan fingerprint density at radius 1 is 1.04 bits per heavy atom. The minimum Gasteiger partial charge on any atom is -0.478 e. The van der Waals surface area contributed by atoms with Crippen molar-refractivity contribution in [3.63, 3.8) is 0 Å². The average molecular weight is 354 g/mol. The van der Waals surface area contributed by atoms with Crippen LogP contribution in [0.4, 0.5) is 5.69 Å². The summed E-state index contributed by atoms with van der Waals surface area (Å²) in [6.07, 6.45) is 3.48. The second kappa shape index (κ2) is 7.53. The third kappa shape index (κ3) is 3.67. The number of aliphatic carboxylic acids is 1. The van der Waals surface area contributed by atoms with Crippen molar-refractivity contribution in [2.45, 2.75) is 12.6 Å². The third-order valence-corrected chi connectivity index (χ3v) is 4.75. The molecule has 1 saturated heterocycles. The van der Waals surface area contributed by atoms with Crippen LogP contribution < -0.4 is 10.2 Å². The summed E-state index contributed by atoms with van der Waals surface area (Å²) in [5.41, 5.74) is 0.0393. The molecule has 26 heavy (non-hydrogen) atoms. The van der Waals surface area contributed by atoms with Crippen molar-refractivity contribution in [1.82, 2.24) is 15.2 Å². The zero-order chi connectivity index (χ0) is 18.6. The number of carboxylic acids is 1. The van der Waals surface area contributed by atoms with E-state index in [4.69, 9.17) is 0 Å². The summed E-state index contributed by atoms with van der Waals surface area (Å²) in [6, 6.07) is 12.5. The Labute approximate surface area is 152 Å². The zero-order valence-corrected chi connectivity index (χ0v) is 14.6. The number of nitrogens with zero attached hydrogens (tertiary/aromatic N) is 3. The summed E-state index contributed by atoms with van der Waals surface area (Å²) in [4.78, 5) is 32.4. The van der Waals surface area contributed by atoms with Crippen LogP contribution >= 0.6 is 0 Å². The fourth-order valence-corrected chi connectivity index (χ4v) is 3.12. The molecule has 1 aliphatic heterocycles. The number of amides is 1. The van der Waals surface area contributed by atoms with Crippen molar-refractivity contribution >= 4 is 17.6 Å².